The van der Waals surface area contributed by atoms with Crippen LogP contribution >= 0.6 is 0 Å². The van der Waals surface area contributed by atoms with Crippen LogP contribution in [0.5, 0.6) is 0 Å². The molecule has 0 bridgehead atoms. The van der Waals surface area contributed by atoms with E-state index in [4.69, 9.17) is 0 Å². The molecule has 0 unspecified atom stereocenters. The molecule has 1 aromatic heterocycles. The van der Waals surface area contributed by atoms with Crippen LogP contribution in [0.1, 0.15) is 12.6 Å². The van der Waals surface area contributed by atoms with Crippen molar-refractivity contribution in [2.24, 2.45) is 7.05 Å². The van der Waals surface area contributed by atoms with E-state index in [1.165, 1.54) is 11.4 Å². The second-order valence-electron chi connectivity index (χ2n) is 2.43. The third kappa shape index (κ3) is 1.15. The summed E-state index contributed by atoms with van der Waals surface area (Å²) in [5, 5.41) is 3.10. The monoisotopic (exact) mass is 138 g/mol. The molecule has 0 radical (unpaired) electrons. The zero-order valence-electron chi connectivity index (χ0n) is 6.81. The van der Waals surface area contributed by atoms with Crippen LogP contribution in [0.15, 0.2) is 12.3 Å². The molecule has 0 aliphatic heterocycles. The van der Waals surface area contributed by atoms with Gasteiger partial charge < -0.3 is 9.88 Å². The molecular formula is C8H14N2. The van der Waals surface area contributed by atoms with Gasteiger partial charge in [-0.25, -0.2) is 0 Å². The van der Waals surface area contributed by atoms with E-state index in [0.717, 1.165) is 6.42 Å². The number of rotatable bonds is 2. The molecule has 0 aromatic carbocycles. The second-order valence-corrected chi connectivity index (χ2v) is 2.43. The second kappa shape index (κ2) is 2.78. The molecule has 1 aromatic rings. The lowest BCUT2D eigenvalue weighted by Crippen LogP contribution is -1.90. The van der Waals surface area contributed by atoms with Crippen LogP contribution in [-0.2, 0) is 13.5 Å². The normalized spacial score (nSPS) is 9.90. The van der Waals surface area contributed by atoms with Gasteiger partial charge in [-0.1, -0.05) is 6.92 Å². The first-order chi connectivity index (χ1) is 4.77. The highest BCUT2D eigenvalue weighted by Gasteiger charge is 1.97. The number of hydrogen-bond acceptors (Lipinski definition) is 1. The molecule has 56 valence electrons. The van der Waals surface area contributed by atoms with E-state index < -0.39 is 0 Å². The molecule has 1 N–H and O–H groups in total. The smallest absolute Gasteiger partial charge is 0.0520 e. The first-order valence-electron chi connectivity index (χ1n) is 3.61. The molecule has 0 saturated carbocycles. The lowest BCUT2D eigenvalue weighted by atomic mass is 10.3. The van der Waals surface area contributed by atoms with Gasteiger partial charge in [-0.2, -0.15) is 0 Å². The van der Waals surface area contributed by atoms with Gasteiger partial charge in [0, 0.05) is 26.0 Å². The minimum absolute atomic E-state index is 1.10. The van der Waals surface area contributed by atoms with Crippen molar-refractivity contribution >= 4 is 5.69 Å². The fourth-order valence-corrected chi connectivity index (χ4v) is 1.10. The number of nitrogens with zero attached hydrogens (tertiary/aromatic N) is 1. The van der Waals surface area contributed by atoms with Crippen LogP contribution in [-0.4, -0.2) is 11.6 Å². The summed E-state index contributed by atoms with van der Waals surface area (Å²) in [5.74, 6) is 0. The summed E-state index contributed by atoms with van der Waals surface area (Å²) >= 11 is 0. The van der Waals surface area contributed by atoms with Crippen LogP contribution in [0.25, 0.3) is 0 Å². The predicted molar refractivity (Wildman–Crippen MR) is 44.3 cm³/mol. The maximum absolute atomic E-state index is 3.10. The Bertz CT molecular complexity index is 213. The maximum Gasteiger partial charge on any atom is 0.0520 e. The van der Waals surface area contributed by atoms with Gasteiger partial charge in [0.2, 0.25) is 0 Å². The molecule has 2 heteroatoms. The Kier molecular flexibility index (Phi) is 2.00. The van der Waals surface area contributed by atoms with E-state index >= 15 is 0 Å². The molecule has 0 spiro atoms. The van der Waals surface area contributed by atoms with E-state index in [9.17, 15) is 0 Å². The molecular weight excluding hydrogens is 124 g/mol. The molecule has 0 fully saturated rings. The van der Waals surface area contributed by atoms with Gasteiger partial charge in [0.25, 0.3) is 0 Å². The minimum atomic E-state index is 1.10. The van der Waals surface area contributed by atoms with Crippen LogP contribution in [0, 0.1) is 0 Å². The fourth-order valence-electron chi connectivity index (χ4n) is 1.10. The summed E-state index contributed by atoms with van der Waals surface area (Å²) in [5.41, 5.74) is 2.56. The van der Waals surface area contributed by atoms with Crippen molar-refractivity contribution in [3.63, 3.8) is 0 Å². The molecule has 0 amide bonds. The van der Waals surface area contributed by atoms with Gasteiger partial charge >= 0.3 is 0 Å². The average Bonchev–Trinajstić information content (AvgIpc) is 2.30. The molecule has 0 aliphatic rings. The van der Waals surface area contributed by atoms with Crippen molar-refractivity contribution < 1.29 is 0 Å². The first-order valence-corrected chi connectivity index (χ1v) is 3.61. The van der Waals surface area contributed by atoms with Crippen molar-refractivity contribution in [3.05, 3.63) is 18.0 Å². The molecule has 0 atom stereocenters. The maximum atomic E-state index is 3.10. The third-order valence-electron chi connectivity index (χ3n) is 1.76. The van der Waals surface area contributed by atoms with Gasteiger partial charge in [0.1, 0.15) is 0 Å². The minimum Gasteiger partial charge on any atom is -0.387 e. The quantitative estimate of drug-likeness (QED) is 0.657. The number of aromatic nitrogens is 1. The van der Waals surface area contributed by atoms with Crippen molar-refractivity contribution in [2.75, 3.05) is 12.4 Å². The van der Waals surface area contributed by atoms with E-state index in [1.54, 1.807) is 0 Å². The molecule has 1 heterocycles. The zero-order valence-corrected chi connectivity index (χ0v) is 6.81. The van der Waals surface area contributed by atoms with Crippen molar-refractivity contribution in [3.8, 4) is 0 Å². The average molecular weight is 138 g/mol. The van der Waals surface area contributed by atoms with Gasteiger partial charge in [0.05, 0.1) is 5.69 Å². The largest absolute Gasteiger partial charge is 0.387 e. The SMILES string of the molecule is CCc1cc(NC)cn1C. The van der Waals surface area contributed by atoms with Crippen LogP contribution < -0.4 is 5.32 Å². The van der Waals surface area contributed by atoms with Gasteiger partial charge in [0.15, 0.2) is 0 Å². The number of aryl methyl sites for hydroxylation is 2. The lowest BCUT2D eigenvalue weighted by Gasteiger charge is -1.94. The van der Waals surface area contributed by atoms with E-state index in [2.05, 4.69) is 36.1 Å². The number of anilines is 1. The van der Waals surface area contributed by atoms with Crippen LogP contribution in [0.2, 0.25) is 0 Å². The third-order valence-corrected chi connectivity index (χ3v) is 1.76. The molecule has 2 nitrogen and oxygen atoms in total. The summed E-state index contributed by atoms with van der Waals surface area (Å²) in [7, 11) is 4.01. The number of nitrogens with one attached hydrogen (secondary N) is 1. The van der Waals surface area contributed by atoms with Gasteiger partial charge in [-0.05, 0) is 12.5 Å². The van der Waals surface area contributed by atoms with E-state index in [-0.39, 0.29) is 0 Å². The summed E-state index contributed by atoms with van der Waals surface area (Å²) in [6.07, 6.45) is 3.19. The topological polar surface area (TPSA) is 17.0 Å². The Hall–Kier alpha value is -0.920. The summed E-state index contributed by atoms with van der Waals surface area (Å²) in [6, 6.07) is 2.17. The van der Waals surface area contributed by atoms with Crippen LogP contribution in [0.3, 0.4) is 0 Å². The van der Waals surface area contributed by atoms with Crippen LogP contribution in [0.4, 0.5) is 5.69 Å². The Morgan fingerprint density at radius 2 is 2.30 bits per heavy atom. The lowest BCUT2D eigenvalue weighted by molar-refractivity contribution is 0.838. The number of hydrogen-bond donors (Lipinski definition) is 1. The highest BCUT2D eigenvalue weighted by Crippen LogP contribution is 2.11. The Morgan fingerprint density at radius 1 is 1.60 bits per heavy atom. The van der Waals surface area contributed by atoms with Gasteiger partial charge in [-0.15, -0.1) is 0 Å². The Balaban J connectivity index is 2.92. The predicted octanol–water partition coefficient (Wildman–Crippen LogP) is 1.63. The fraction of sp³-hybridized carbons (Fsp3) is 0.500. The standard InChI is InChI=1S/C8H14N2/c1-4-8-5-7(9-2)6-10(8)3/h5-6,9H,4H2,1-3H3. The van der Waals surface area contributed by atoms with Crippen molar-refractivity contribution in [1.82, 2.24) is 4.57 Å². The van der Waals surface area contributed by atoms with Crippen molar-refractivity contribution in [2.45, 2.75) is 13.3 Å². The van der Waals surface area contributed by atoms with E-state index in [1.807, 2.05) is 7.05 Å². The zero-order chi connectivity index (χ0) is 7.56. The Morgan fingerprint density at radius 3 is 2.60 bits per heavy atom. The molecule has 1 rings (SSSR count). The van der Waals surface area contributed by atoms with E-state index in [0.29, 0.717) is 0 Å². The molecule has 0 aliphatic carbocycles. The molecule has 10 heavy (non-hydrogen) atoms. The highest BCUT2D eigenvalue weighted by molar-refractivity contribution is 5.43. The summed E-state index contributed by atoms with van der Waals surface area (Å²) in [6.45, 7) is 2.16. The molecule has 0 saturated heterocycles. The van der Waals surface area contributed by atoms with Crippen molar-refractivity contribution in [1.29, 1.82) is 0 Å². The van der Waals surface area contributed by atoms with Gasteiger partial charge in [-0.3, -0.25) is 0 Å². The first kappa shape index (κ1) is 7.19. The Labute approximate surface area is 61.9 Å². The summed E-state index contributed by atoms with van der Waals surface area (Å²) < 4.78 is 2.14. The highest BCUT2D eigenvalue weighted by atomic mass is 15.0. The summed E-state index contributed by atoms with van der Waals surface area (Å²) in [4.78, 5) is 0.